The fraction of sp³-hybridized carbons (Fsp3) is 0.538. The van der Waals surface area contributed by atoms with Gasteiger partial charge >= 0.3 is 0 Å². The van der Waals surface area contributed by atoms with Gasteiger partial charge in [0.1, 0.15) is 13.8 Å². The number of hydrogen-bond acceptors (Lipinski definition) is 0. The second-order valence-electron chi connectivity index (χ2n) is 6.19. The molecule has 2 rings (SSSR count). The van der Waals surface area contributed by atoms with Crippen molar-refractivity contribution in [2.75, 3.05) is 20.6 Å². The van der Waals surface area contributed by atoms with Crippen molar-refractivity contribution in [2.24, 2.45) is 5.41 Å². The number of rotatable bonds is 0. The van der Waals surface area contributed by atoms with Gasteiger partial charge in [0.2, 0.25) is 0 Å². The molecule has 1 heterocycles. The van der Waals surface area contributed by atoms with Crippen molar-refractivity contribution in [3.05, 3.63) is 35.5 Å². The van der Waals surface area contributed by atoms with Gasteiger partial charge in [-0.1, -0.05) is 0 Å². The summed E-state index contributed by atoms with van der Waals surface area (Å²) in [5.74, 6) is 1.42. The van der Waals surface area contributed by atoms with Crippen LogP contribution >= 0.6 is 0 Å². The maximum atomic E-state index is 2.35. The fourth-order valence-corrected chi connectivity index (χ4v) is 2.43. The van der Waals surface area contributed by atoms with Crippen LogP contribution < -0.4 is 0 Å². The first-order valence-corrected chi connectivity index (χ1v) is 5.61. The average molecular weight is 201 g/mol. The summed E-state index contributed by atoms with van der Waals surface area (Å²) in [5, 5.41) is 0. The summed E-state index contributed by atoms with van der Waals surface area (Å²) >= 11 is 0. The lowest BCUT2D eigenvalue weighted by atomic mass is 9.67. The van der Waals surface area contributed by atoms with Gasteiger partial charge in [0.25, 0.3) is 0 Å². The minimum absolute atomic E-state index is 0.253. The van der Waals surface area contributed by atoms with Gasteiger partial charge < -0.3 is 4.39 Å². The Balaban J connectivity index is 2.39. The van der Waals surface area contributed by atoms with E-state index in [9.17, 15) is 0 Å². The minimum atomic E-state index is 0.253. The molecule has 2 aliphatic rings. The lowest BCUT2D eigenvalue weighted by Gasteiger charge is -2.34. The SMILES string of the molecule is CC(C)(C)C1=C2C[N+](C)(C)[B-][C+]2C=C[CH]1. The molecule has 1 fully saturated rings. The molecule has 0 aromatic carbocycles. The molecule has 0 spiro atoms. The highest BCUT2D eigenvalue weighted by Crippen LogP contribution is 2.41. The molecular weight excluding hydrogens is 181 g/mol. The van der Waals surface area contributed by atoms with Crippen LogP contribution in [0.15, 0.2) is 23.3 Å². The molecular formula is C13H20BN+. The number of likely N-dealkylation sites (N-methyl/N-ethyl adjacent to an activating group) is 1. The predicted molar refractivity (Wildman–Crippen MR) is 65.9 cm³/mol. The van der Waals surface area contributed by atoms with Gasteiger partial charge in [-0.2, -0.15) is 0 Å². The van der Waals surface area contributed by atoms with E-state index in [4.69, 9.17) is 0 Å². The summed E-state index contributed by atoms with van der Waals surface area (Å²) in [4.78, 5) is 0. The van der Waals surface area contributed by atoms with Crippen molar-refractivity contribution in [1.29, 1.82) is 0 Å². The molecule has 2 heteroatoms. The molecule has 0 bridgehead atoms. The summed E-state index contributed by atoms with van der Waals surface area (Å²) < 4.78 is 0.975. The van der Waals surface area contributed by atoms with Gasteiger partial charge in [0, 0.05) is 37.2 Å². The molecule has 0 amide bonds. The van der Waals surface area contributed by atoms with Crippen LogP contribution in [0.3, 0.4) is 0 Å². The van der Waals surface area contributed by atoms with Gasteiger partial charge in [-0.05, 0) is 20.8 Å². The molecule has 1 nitrogen and oxygen atoms in total. The lowest BCUT2D eigenvalue weighted by molar-refractivity contribution is -0.767. The average Bonchev–Trinajstić information content (AvgIpc) is 2.35. The largest absolute Gasteiger partial charge is 0.543 e. The molecule has 15 heavy (non-hydrogen) atoms. The minimum Gasteiger partial charge on any atom is -0.543 e. The van der Waals surface area contributed by atoms with E-state index < -0.39 is 0 Å². The third kappa shape index (κ3) is 2.01. The predicted octanol–water partition coefficient (Wildman–Crippen LogP) is 2.34. The molecule has 1 saturated heterocycles. The number of nitrogens with zero attached hydrogens (tertiary/aromatic N) is 1. The van der Waals surface area contributed by atoms with Gasteiger partial charge in [0.15, 0.2) is 0 Å². The third-order valence-corrected chi connectivity index (χ3v) is 3.07. The van der Waals surface area contributed by atoms with Crippen molar-refractivity contribution < 1.29 is 4.39 Å². The van der Waals surface area contributed by atoms with Gasteiger partial charge in [-0.25, -0.2) is 0 Å². The summed E-state index contributed by atoms with van der Waals surface area (Å²) in [6.07, 6.45) is 6.69. The van der Waals surface area contributed by atoms with E-state index in [0.29, 0.717) is 0 Å². The number of fused-ring (bicyclic) bond motifs is 1. The Morgan fingerprint density at radius 3 is 2.60 bits per heavy atom. The van der Waals surface area contributed by atoms with Crippen LogP contribution in [0.4, 0.5) is 0 Å². The Morgan fingerprint density at radius 2 is 2.00 bits per heavy atom. The van der Waals surface area contributed by atoms with Crippen LogP contribution in [0.2, 0.25) is 0 Å². The highest BCUT2D eigenvalue weighted by Gasteiger charge is 2.38. The molecule has 1 aliphatic heterocycles. The Morgan fingerprint density at radius 1 is 1.33 bits per heavy atom. The maximum absolute atomic E-state index is 2.35. The van der Waals surface area contributed by atoms with E-state index in [2.05, 4.69) is 60.9 Å². The smallest absolute Gasteiger partial charge is 0.122 e. The molecule has 3 radical (unpaired) electrons. The molecule has 0 unspecified atom stereocenters. The quantitative estimate of drug-likeness (QED) is 0.417. The summed E-state index contributed by atoms with van der Waals surface area (Å²) in [6, 6.07) is 0. The summed E-state index contributed by atoms with van der Waals surface area (Å²) in [7, 11) is 6.86. The Labute approximate surface area is 94.7 Å². The normalized spacial score (nSPS) is 24.7. The molecule has 0 atom stereocenters. The molecule has 0 aromatic rings. The molecule has 0 aromatic heterocycles. The topological polar surface area (TPSA) is 0 Å². The van der Waals surface area contributed by atoms with Crippen LogP contribution in [-0.4, -0.2) is 32.4 Å². The Kier molecular flexibility index (Phi) is 2.31. The zero-order valence-corrected chi connectivity index (χ0v) is 10.5. The highest BCUT2D eigenvalue weighted by atomic mass is 15.2. The fourth-order valence-electron chi connectivity index (χ4n) is 2.43. The van der Waals surface area contributed by atoms with Crippen LogP contribution in [0.25, 0.3) is 0 Å². The molecule has 0 saturated carbocycles. The van der Waals surface area contributed by atoms with Crippen LogP contribution in [-0.2, 0) is 0 Å². The standard InChI is InChI=1S/C13H20BN/c1-13(2,3)11-7-6-8-12-10(11)9-15(4,5)14-12/h6-8H,9H2,1-5H3/q+1. The number of allylic oxidation sites excluding steroid dienone is 3. The first-order valence-electron chi connectivity index (χ1n) is 5.61. The number of hydrogen-bond donors (Lipinski definition) is 0. The van der Waals surface area contributed by atoms with E-state index >= 15 is 0 Å². The van der Waals surface area contributed by atoms with E-state index in [1.54, 1.807) is 0 Å². The monoisotopic (exact) mass is 201 g/mol. The third-order valence-electron chi connectivity index (χ3n) is 3.07. The van der Waals surface area contributed by atoms with E-state index in [0.717, 1.165) is 10.9 Å². The van der Waals surface area contributed by atoms with E-state index in [1.807, 2.05) is 0 Å². The van der Waals surface area contributed by atoms with Crippen molar-refractivity contribution in [1.82, 2.24) is 0 Å². The van der Waals surface area contributed by atoms with E-state index in [1.165, 1.54) is 17.0 Å². The second kappa shape index (κ2) is 3.18. The maximum Gasteiger partial charge on any atom is 0.122 e. The van der Waals surface area contributed by atoms with Gasteiger partial charge in [-0.3, -0.25) is 0 Å². The second-order valence-corrected chi connectivity index (χ2v) is 6.19. The Hall–Kier alpha value is -0.625. The van der Waals surface area contributed by atoms with Crippen molar-refractivity contribution in [2.45, 2.75) is 20.8 Å². The zero-order valence-electron chi connectivity index (χ0n) is 10.5. The number of quaternary nitrogens is 1. The van der Waals surface area contributed by atoms with Crippen molar-refractivity contribution in [3.63, 3.8) is 0 Å². The molecule has 1 aliphatic carbocycles. The lowest BCUT2D eigenvalue weighted by Crippen LogP contribution is -2.39. The molecule has 0 N–H and O–H groups in total. The highest BCUT2D eigenvalue weighted by molar-refractivity contribution is 6.39. The first kappa shape index (κ1) is 10.9. The summed E-state index contributed by atoms with van der Waals surface area (Å²) in [6.45, 7) is 8.01. The first-order chi connectivity index (χ1) is 6.80. The van der Waals surface area contributed by atoms with Crippen molar-refractivity contribution >= 4 is 7.41 Å². The van der Waals surface area contributed by atoms with Crippen molar-refractivity contribution in [3.8, 4) is 0 Å². The Bertz CT molecular complexity index is 331. The van der Waals surface area contributed by atoms with Gasteiger partial charge in [0.05, 0.1) is 12.1 Å². The van der Waals surface area contributed by atoms with Gasteiger partial charge in [-0.15, -0.1) is 5.82 Å². The van der Waals surface area contributed by atoms with Crippen LogP contribution in [0.5, 0.6) is 0 Å². The van der Waals surface area contributed by atoms with E-state index in [-0.39, 0.29) is 5.41 Å². The van der Waals surface area contributed by atoms with Crippen LogP contribution in [0, 0.1) is 17.7 Å². The summed E-state index contributed by atoms with van der Waals surface area (Å²) in [5.41, 5.74) is 3.29. The zero-order chi connectivity index (χ0) is 11.3. The van der Waals surface area contributed by atoms with Crippen LogP contribution in [0.1, 0.15) is 20.8 Å². The molecule has 79 valence electrons.